The smallest absolute Gasteiger partial charge is 0.139 e. The van der Waals surface area contributed by atoms with E-state index in [2.05, 4.69) is 26.0 Å². The topological polar surface area (TPSA) is 21.7 Å². The van der Waals surface area contributed by atoms with Gasteiger partial charge in [-0.05, 0) is 51.2 Å². The Labute approximate surface area is 98.0 Å². The molecule has 3 nitrogen and oxygen atoms in total. The second-order valence-electron chi connectivity index (χ2n) is 4.23. The summed E-state index contributed by atoms with van der Waals surface area (Å²) in [5, 5.41) is 0. The minimum Gasteiger partial charge on any atom is -0.496 e. The number of rotatable bonds is 4. The van der Waals surface area contributed by atoms with Crippen LogP contribution in [-0.4, -0.2) is 33.2 Å². The molecule has 0 heterocycles. The van der Waals surface area contributed by atoms with E-state index < -0.39 is 0 Å². The Kier molecular flexibility index (Phi) is 4.33. The number of nitrogens with zero attached hydrogens (tertiary/aromatic N) is 1. The molecule has 0 radical (unpaired) electrons. The van der Waals surface area contributed by atoms with Crippen molar-refractivity contribution in [3.63, 3.8) is 0 Å². The fraction of sp³-hybridized carbons (Fsp3) is 0.538. The van der Waals surface area contributed by atoms with Gasteiger partial charge in [-0.3, -0.25) is 4.90 Å². The van der Waals surface area contributed by atoms with Gasteiger partial charge in [0.05, 0.1) is 7.11 Å². The quantitative estimate of drug-likeness (QED) is 0.732. The molecular formula is C13H21NO2. The van der Waals surface area contributed by atoms with Gasteiger partial charge in [0.1, 0.15) is 12.0 Å². The molecule has 0 amide bonds. The molecule has 16 heavy (non-hydrogen) atoms. The van der Waals surface area contributed by atoms with E-state index in [0.29, 0.717) is 0 Å². The number of methoxy groups -OCH3 is 2. The maximum absolute atomic E-state index is 5.48. The van der Waals surface area contributed by atoms with Gasteiger partial charge in [-0.25, -0.2) is 0 Å². The molecule has 0 saturated heterocycles. The molecule has 0 N–H and O–H groups in total. The Bertz CT molecular complexity index is 361. The zero-order valence-corrected chi connectivity index (χ0v) is 11.0. The summed E-state index contributed by atoms with van der Waals surface area (Å²) in [6.45, 7) is 4.18. The Morgan fingerprint density at radius 3 is 2.06 bits per heavy atom. The van der Waals surface area contributed by atoms with E-state index in [0.717, 1.165) is 11.3 Å². The highest BCUT2D eigenvalue weighted by Gasteiger charge is 2.18. The second-order valence-corrected chi connectivity index (χ2v) is 4.23. The monoisotopic (exact) mass is 223 g/mol. The minimum absolute atomic E-state index is 0.0748. The van der Waals surface area contributed by atoms with E-state index in [1.807, 2.05) is 19.0 Å². The van der Waals surface area contributed by atoms with Crippen LogP contribution < -0.4 is 4.74 Å². The SMILES string of the molecule is COc1cc(C)c(C)cc1C(OC)N(C)C. The van der Waals surface area contributed by atoms with Crippen LogP contribution in [0.4, 0.5) is 0 Å². The Morgan fingerprint density at radius 2 is 1.62 bits per heavy atom. The Hall–Kier alpha value is -1.06. The van der Waals surface area contributed by atoms with Crippen LogP contribution in [-0.2, 0) is 4.74 Å². The van der Waals surface area contributed by atoms with E-state index in [1.54, 1.807) is 14.2 Å². The molecule has 90 valence electrons. The fourth-order valence-electron chi connectivity index (χ4n) is 1.80. The minimum atomic E-state index is -0.0748. The molecule has 1 aromatic rings. The van der Waals surface area contributed by atoms with Crippen LogP contribution in [0.1, 0.15) is 22.9 Å². The highest BCUT2D eigenvalue weighted by Crippen LogP contribution is 2.31. The van der Waals surface area contributed by atoms with Crippen LogP contribution in [0.2, 0.25) is 0 Å². The molecule has 0 saturated carbocycles. The van der Waals surface area contributed by atoms with Gasteiger partial charge in [0, 0.05) is 12.7 Å². The van der Waals surface area contributed by atoms with Gasteiger partial charge in [-0.15, -0.1) is 0 Å². The average Bonchev–Trinajstić information content (AvgIpc) is 2.23. The van der Waals surface area contributed by atoms with Crippen molar-refractivity contribution in [1.29, 1.82) is 0 Å². The van der Waals surface area contributed by atoms with Crippen molar-refractivity contribution in [1.82, 2.24) is 4.90 Å². The Morgan fingerprint density at radius 1 is 1.06 bits per heavy atom. The first-order valence-electron chi connectivity index (χ1n) is 5.35. The number of aryl methyl sites for hydroxylation is 2. The van der Waals surface area contributed by atoms with Crippen molar-refractivity contribution in [3.8, 4) is 5.75 Å². The Balaban J connectivity index is 3.24. The molecule has 0 bridgehead atoms. The predicted molar refractivity (Wildman–Crippen MR) is 65.9 cm³/mol. The summed E-state index contributed by atoms with van der Waals surface area (Å²) in [7, 11) is 7.38. The van der Waals surface area contributed by atoms with E-state index in [1.165, 1.54) is 11.1 Å². The third-order valence-corrected chi connectivity index (χ3v) is 2.80. The molecule has 1 atom stereocenters. The lowest BCUT2D eigenvalue weighted by molar-refractivity contribution is -0.00698. The van der Waals surface area contributed by atoms with Gasteiger partial charge in [-0.2, -0.15) is 0 Å². The highest BCUT2D eigenvalue weighted by molar-refractivity contribution is 5.42. The highest BCUT2D eigenvalue weighted by atomic mass is 16.5. The molecule has 0 aromatic heterocycles. The average molecular weight is 223 g/mol. The number of hydrogen-bond acceptors (Lipinski definition) is 3. The molecule has 1 aromatic carbocycles. The van der Waals surface area contributed by atoms with Gasteiger partial charge >= 0.3 is 0 Å². The first-order valence-corrected chi connectivity index (χ1v) is 5.35. The van der Waals surface area contributed by atoms with E-state index in [9.17, 15) is 0 Å². The molecule has 0 aliphatic heterocycles. The summed E-state index contributed by atoms with van der Waals surface area (Å²) in [5.74, 6) is 0.878. The van der Waals surface area contributed by atoms with E-state index in [-0.39, 0.29) is 6.23 Å². The molecular weight excluding hydrogens is 202 g/mol. The molecule has 0 fully saturated rings. The molecule has 3 heteroatoms. The van der Waals surface area contributed by atoms with Crippen LogP contribution >= 0.6 is 0 Å². The van der Waals surface area contributed by atoms with E-state index in [4.69, 9.17) is 9.47 Å². The van der Waals surface area contributed by atoms with Crippen molar-refractivity contribution in [2.45, 2.75) is 20.1 Å². The van der Waals surface area contributed by atoms with Gasteiger partial charge in [0.25, 0.3) is 0 Å². The first-order chi connectivity index (χ1) is 7.51. The van der Waals surface area contributed by atoms with Crippen molar-refractivity contribution in [3.05, 3.63) is 28.8 Å². The maximum Gasteiger partial charge on any atom is 0.139 e. The van der Waals surface area contributed by atoms with Crippen LogP contribution in [0, 0.1) is 13.8 Å². The number of benzene rings is 1. The van der Waals surface area contributed by atoms with Crippen molar-refractivity contribution in [2.75, 3.05) is 28.3 Å². The zero-order chi connectivity index (χ0) is 12.3. The number of hydrogen-bond donors (Lipinski definition) is 0. The molecule has 0 spiro atoms. The lowest BCUT2D eigenvalue weighted by Crippen LogP contribution is -2.22. The van der Waals surface area contributed by atoms with Crippen LogP contribution in [0.5, 0.6) is 5.75 Å². The largest absolute Gasteiger partial charge is 0.496 e. The fourth-order valence-corrected chi connectivity index (χ4v) is 1.80. The molecule has 1 rings (SSSR count). The van der Waals surface area contributed by atoms with Crippen LogP contribution in [0.25, 0.3) is 0 Å². The van der Waals surface area contributed by atoms with E-state index >= 15 is 0 Å². The zero-order valence-electron chi connectivity index (χ0n) is 11.0. The summed E-state index contributed by atoms with van der Waals surface area (Å²) < 4.78 is 10.9. The van der Waals surface area contributed by atoms with Crippen LogP contribution in [0.3, 0.4) is 0 Å². The normalized spacial score (nSPS) is 12.9. The molecule has 0 aliphatic rings. The lowest BCUT2D eigenvalue weighted by Gasteiger charge is -2.25. The van der Waals surface area contributed by atoms with Crippen molar-refractivity contribution in [2.24, 2.45) is 0 Å². The number of ether oxygens (including phenoxy) is 2. The summed E-state index contributed by atoms with van der Waals surface area (Å²) >= 11 is 0. The third-order valence-electron chi connectivity index (χ3n) is 2.80. The van der Waals surface area contributed by atoms with Gasteiger partial charge in [-0.1, -0.05) is 0 Å². The summed E-state index contributed by atoms with van der Waals surface area (Å²) in [6, 6.07) is 4.18. The summed E-state index contributed by atoms with van der Waals surface area (Å²) in [4.78, 5) is 2.02. The molecule has 0 aliphatic carbocycles. The standard InChI is InChI=1S/C13H21NO2/c1-9-7-11(13(16-6)14(3)4)12(15-5)8-10(9)2/h7-8,13H,1-6H3. The predicted octanol–water partition coefficient (Wildman–Crippen LogP) is 2.52. The van der Waals surface area contributed by atoms with Gasteiger partial charge in [0.15, 0.2) is 0 Å². The van der Waals surface area contributed by atoms with Gasteiger partial charge in [0.2, 0.25) is 0 Å². The molecule has 1 unspecified atom stereocenters. The van der Waals surface area contributed by atoms with Gasteiger partial charge < -0.3 is 9.47 Å². The van der Waals surface area contributed by atoms with Crippen LogP contribution in [0.15, 0.2) is 12.1 Å². The second kappa shape index (κ2) is 5.32. The third kappa shape index (κ3) is 2.54. The maximum atomic E-state index is 5.48. The lowest BCUT2D eigenvalue weighted by atomic mass is 10.0. The first kappa shape index (κ1) is 13.0. The van der Waals surface area contributed by atoms with Crippen molar-refractivity contribution < 1.29 is 9.47 Å². The van der Waals surface area contributed by atoms with Crippen molar-refractivity contribution >= 4 is 0 Å². The summed E-state index contributed by atoms with van der Waals surface area (Å²) in [6.07, 6.45) is -0.0748. The summed E-state index contributed by atoms with van der Waals surface area (Å²) in [5.41, 5.74) is 3.55.